The predicted molar refractivity (Wildman–Crippen MR) is 73.1 cm³/mol. The first-order valence-electron chi connectivity index (χ1n) is 5.66. The molecule has 6 heteroatoms. The number of anilines is 1. The van der Waals surface area contributed by atoms with Crippen molar-refractivity contribution in [3.05, 3.63) is 11.1 Å². The summed E-state index contributed by atoms with van der Waals surface area (Å²) in [5.74, 6) is 0.452. The van der Waals surface area contributed by atoms with Gasteiger partial charge in [-0.05, 0) is 25.3 Å². The van der Waals surface area contributed by atoms with Crippen LogP contribution in [0.15, 0.2) is 5.38 Å². The molecule has 0 spiro atoms. The van der Waals surface area contributed by atoms with E-state index < -0.39 is 0 Å². The monoisotopic (exact) mass is 275 g/mol. The lowest BCUT2D eigenvalue weighted by Crippen LogP contribution is -2.35. The third-order valence-electron chi connectivity index (χ3n) is 2.72. The summed E-state index contributed by atoms with van der Waals surface area (Å²) in [4.78, 5) is 16.2. The van der Waals surface area contributed by atoms with Crippen LogP contribution >= 0.6 is 23.7 Å². The zero-order chi connectivity index (χ0) is 11.5. The van der Waals surface area contributed by atoms with E-state index in [-0.39, 0.29) is 24.4 Å². The predicted octanol–water partition coefficient (Wildman–Crippen LogP) is 2.38. The van der Waals surface area contributed by atoms with Crippen molar-refractivity contribution in [2.75, 3.05) is 11.9 Å². The first-order valence-corrected chi connectivity index (χ1v) is 6.54. The maximum absolute atomic E-state index is 11.8. The molecule has 0 saturated carbocycles. The standard InChI is InChI=1S/C11H17N3OS.ClH/c1-7(2)9-6-16-11(13-9)14-10(15)8-4-3-5-12-8;/h6-8,12H,3-5H2,1-2H3,(H,13,14,15);1H/t8-;/m0./s1. The smallest absolute Gasteiger partial charge is 0.243 e. The molecule has 2 heterocycles. The molecular formula is C11H18ClN3OS. The van der Waals surface area contributed by atoms with Crippen LogP contribution in [0.25, 0.3) is 0 Å². The number of rotatable bonds is 3. The second kappa shape index (κ2) is 6.33. The minimum absolute atomic E-state index is 0. The van der Waals surface area contributed by atoms with Crippen molar-refractivity contribution in [1.82, 2.24) is 10.3 Å². The second-order valence-corrected chi connectivity index (χ2v) is 5.23. The van der Waals surface area contributed by atoms with E-state index in [0.29, 0.717) is 11.0 Å². The van der Waals surface area contributed by atoms with Crippen LogP contribution in [0.5, 0.6) is 0 Å². The van der Waals surface area contributed by atoms with Crippen LogP contribution in [0, 0.1) is 0 Å². The van der Waals surface area contributed by atoms with Gasteiger partial charge in [-0.15, -0.1) is 23.7 Å². The number of carbonyl (C=O) groups excluding carboxylic acids is 1. The molecule has 96 valence electrons. The Morgan fingerprint density at radius 3 is 2.94 bits per heavy atom. The zero-order valence-electron chi connectivity index (χ0n) is 10.0. The first kappa shape index (κ1) is 14.4. The molecule has 2 N–H and O–H groups in total. The van der Waals surface area contributed by atoms with Crippen LogP contribution < -0.4 is 10.6 Å². The van der Waals surface area contributed by atoms with Gasteiger partial charge in [-0.3, -0.25) is 4.79 Å². The van der Waals surface area contributed by atoms with Crippen molar-refractivity contribution in [2.24, 2.45) is 0 Å². The number of aromatic nitrogens is 1. The van der Waals surface area contributed by atoms with Gasteiger partial charge in [-0.2, -0.15) is 0 Å². The fraction of sp³-hybridized carbons (Fsp3) is 0.636. The maximum Gasteiger partial charge on any atom is 0.243 e. The average molecular weight is 276 g/mol. The van der Waals surface area contributed by atoms with E-state index in [4.69, 9.17) is 0 Å². The number of hydrogen-bond acceptors (Lipinski definition) is 4. The molecule has 0 bridgehead atoms. The fourth-order valence-electron chi connectivity index (χ4n) is 1.71. The van der Waals surface area contributed by atoms with E-state index in [2.05, 4.69) is 29.5 Å². The molecule has 1 aromatic rings. The van der Waals surface area contributed by atoms with Gasteiger partial charge in [0.1, 0.15) is 0 Å². The van der Waals surface area contributed by atoms with Crippen molar-refractivity contribution in [1.29, 1.82) is 0 Å². The molecule has 4 nitrogen and oxygen atoms in total. The summed E-state index contributed by atoms with van der Waals surface area (Å²) in [5.41, 5.74) is 1.04. The minimum atomic E-state index is -0.0357. The van der Waals surface area contributed by atoms with Gasteiger partial charge < -0.3 is 10.6 Å². The third-order valence-corrected chi connectivity index (χ3v) is 3.50. The van der Waals surface area contributed by atoms with Gasteiger partial charge in [0.25, 0.3) is 0 Å². The Balaban J connectivity index is 0.00000144. The summed E-state index contributed by atoms with van der Waals surface area (Å²) in [6.45, 7) is 5.13. The Kier molecular flexibility index (Phi) is 5.36. The molecule has 0 aliphatic carbocycles. The quantitative estimate of drug-likeness (QED) is 0.891. The first-order chi connectivity index (χ1) is 7.66. The van der Waals surface area contributed by atoms with Gasteiger partial charge in [-0.1, -0.05) is 13.8 Å². The molecule has 17 heavy (non-hydrogen) atoms. The van der Waals surface area contributed by atoms with E-state index in [1.807, 2.05) is 5.38 Å². The van der Waals surface area contributed by atoms with Crippen molar-refractivity contribution in [2.45, 2.75) is 38.6 Å². The van der Waals surface area contributed by atoms with Crippen LogP contribution in [-0.4, -0.2) is 23.5 Å². The van der Waals surface area contributed by atoms with Gasteiger partial charge >= 0.3 is 0 Å². The van der Waals surface area contributed by atoms with E-state index in [0.717, 1.165) is 25.1 Å². The third kappa shape index (κ3) is 3.66. The van der Waals surface area contributed by atoms with E-state index >= 15 is 0 Å². The van der Waals surface area contributed by atoms with Crippen molar-refractivity contribution >= 4 is 34.8 Å². The molecule has 1 fully saturated rings. The summed E-state index contributed by atoms with van der Waals surface area (Å²) in [6, 6.07) is -0.0357. The summed E-state index contributed by atoms with van der Waals surface area (Å²) in [6.07, 6.45) is 2.00. The minimum Gasteiger partial charge on any atom is -0.306 e. The van der Waals surface area contributed by atoms with Gasteiger partial charge in [0, 0.05) is 5.38 Å². The Labute approximate surface area is 112 Å². The highest BCUT2D eigenvalue weighted by Crippen LogP contribution is 2.21. The molecule has 1 atom stereocenters. The van der Waals surface area contributed by atoms with Crippen LogP contribution in [0.4, 0.5) is 5.13 Å². The number of hydrogen-bond donors (Lipinski definition) is 2. The van der Waals surface area contributed by atoms with Crippen LogP contribution in [0.2, 0.25) is 0 Å². The molecular weight excluding hydrogens is 258 g/mol. The van der Waals surface area contributed by atoms with E-state index in [1.54, 1.807) is 0 Å². The van der Waals surface area contributed by atoms with E-state index in [9.17, 15) is 4.79 Å². The Bertz CT molecular complexity index is 375. The van der Waals surface area contributed by atoms with Crippen LogP contribution in [0.1, 0.15) is 38.3 Å². The van der Waals surface area contributed by atoms with Gasteiger partial charge in [-0.25, -0.2) is 4.98 Å². The maximum atomic E-state index is 11.8. The molecule has 1 amide bonds. The molecule has 0 radical (unpaired) electrons. The normalized spacial score (nSPS) is 19.1. The SMILES string of the molecule is CC(C)c1csc(NC(=O)[C@@H]2CCCN2)n1.Cl. The average Bonchev–Trinajstić information content (AvgIpc) is 2.87. The lowest BCUT2D eigenvalue weighted by molar-refractivity contribution is -0.117. The Morgan fingerprint density at radius 1 is 1.65 bits per heavy atom. The molecule has 1 aliphatic heterocycles. The Morgan fingerprint density at radius 2 is 2.41 bits per heavy atom. The molecule has 1 aromatic heterocycles. The number of halogens is 1. The van der Waals surface area contributed by atoms with Crippen molar-refractivity contribution in [3.8, 4) is 0 Å². The van der Waals surface area contributed by atoms with Gasteiger partial charge in [0.15, 0.2) is 5.13 Å². The van der Waals surface area contributed by atoms with Crippen molar-refractivity contribution < 1.29 is 4.79 Å². The molecule has 0 aromatic carbocycles. The van der Waals surface area contributed by atoms with Crippen LogP contribution in [-0.2, 0) is 4.79 Å². The number of carbonyl (C=O) groups is 1. The van der Waals surface area contributed by atoms with E-state index in [1.165, 1.54) is 11.3 Å². The summed E-state index contributed by atoms with van der Waals surface area (Å²) in [5, 5.41) is 8.75. The van der Waals surface area contributed by atoms with Crippen LogP contribution in [0.3, 0.4) is 0 Å². The van der Waals surface area contributed by atoms with Gasteiger partial charge in [0.05, 0.1) is 11.7 Å². The number of nitrogens with one attached hydrogen (secondary N) is 2. The molecule has 1 aliphatic rings. The van der Waals surface area contributed by atoms with Gasteiger partial charge in [0.2, 0.25) is 5.91 Å². The number of nitrogens with zero attached hydrogens (tertiary/aromatic N) is 1. The number of amides is 1. The lowest BCUT2D eigenvalue weighted by atomic mass is 10.2. The number of thiazole rings is 1. The summed E-state index contributed by atoms with van der Waals surface area (Å²) in [7, 11) is 0. The largest absolute Gasteiger partial charge is 0.306 e. The Hall–Kier alpha value is -0.650. The highest BCUT2D eigenvalue weighted by molar-refractivity contribution is 7.13. The highest BCUT2D eigenvalue weighted by atomic mass is 35.5. The molecule has 2 rings (SSSR count). The summed E-state index contributed by atoms with van der Waals surface area (Å²) >= 11 is 1.49. The zero-order valence-corrected chi connectivity index (χ0v) is 11.7. The highest BCUT2D eigenvalue weighted by Gasteiger charge is 2.22. The molecule has 1 saturated heterocycles. The fourth-order valence-corrected chi connectivity index (χ4v) is 2.58. The topological polar surface area (TPSA) is 54.0 Å². The summed E-state index contributed by atoms with van der Waals surface area (Å²) < 4.78 is 0. The van der Waals surface area contributed by atoms with Crippen molar-refractivity contribution in [3.63, 3.8) is 0 Å². The molecule has 0 unspecified atom stereocenters. The lowest BCUT2D eigenvalue weighted by Gasteiger charge is -2.08. The second-order valence-electron chi connectivity index (χ2n) is 4.37.